The predicted molar refractivity (Wildman–Crippen MR) is 99.3 cm³/mol. The number of benzene rings is 1. The molecule has 6 heteroatoms. The fourth-order valence-corrected chi connectivity index (χ4v) is 2.93. The molecule has 0 N–H and O–H groups in total. The van der Waals surface area contributed by atoms with Gasteiger partial charge in [-0.2, -0.15) is 0 Å². The molecular weight excluding hydrogens is 333 g/mol. The maximum absolute atomic E-state index is 13.5. The van der Waals surface area contributed by atoms with Gasteiger partial charge in [0.1, 0.15) is 17.4 Å². The third kappa shape index (κ3) is 3.85. The van der Waals surface area contributed by atoms with E-state index in [2.05, 4.69) is 4.98 Å². The summed E-state index contributed by atoms with van der Waals surface area (Å²) in [4.78, 5) is 20.7. The van der Waals surface area contributed by atoms with Gasteiger partial charge < -0.3 is 14.2 Å². The van der Waals surface area contributed by atoms with Crippen molar-refractivity contribution in [3.63, 3.8) is 0 Å². The van der Waals surface area contributed by atoms with Crippen molar-refractivity contribution in [1.82, 2.24) is 9.88 Å². The Bertz CT molecular complexity index is 907. The summed E-state index contributed by atoms with van der Waals surface area (Å²) in [6, 6.07) is 10.2. The first-order chi connectivity index (χ1) is 12.5. The van der Waals surface area contributed by atoms with Crippen LogP contribution in [-0.4, -0.2) is 29.9 Å². The predicted octanol–water partition coefficient (Wildman–Crippen LogP) is 3.97. The molecule has 1 aromatic carbocycles. The molecule has 0 bridgehead atoms. The summed E-state index contributed by atoms with van der Waals surface area (Å²) in [5.74, 6) is 1.17. The van der Waals surface area contributed by atoms with Crippen LogP contribution in [0.25, 0.3) is 10.9 Å². The summed E-state index contributed by atoms with van der Waals surface area (Å²) < 4.78 is 18.9. The van der Waals surface area contributed by atoms with Gasteiger partial charge in [-0.25, -0.2) is 9.37 Å². The lowest BCUT2D eigenvalue weighted by atomic mass is 10.1. The van der Waals surface area contributed by atoms with Gasteiger partial charge in [-0.15, -0.1) is 0 Å². The number of halogens is 1. The highest BCUT2D eigenvalue weighted by Crippen LogP contribution is 2.25. The Morgan fingerprint density at radius 1 is 1.19 bits per heavy atom. The average molecular weight is 355 g/mol. The number of fused-ring (bicyclic) bond motifs is 1. The monoisotopic (exact) mass is 355 g/mol. The zero-order valence-corrected chi connectivity index (χ0v) is 15.2. The van der Waals surface area contributed by atoms with E-state index in [4.69, 9.17) is 4.42 Å². The molecule has 1 amide bonds. The minimum Gasteiger partial charge on any atom is -0.467 e. The first-order valence-electron chi connectivity index (χ1n) is 8.54. The van der Waals surface area contributed by atoms with E-state index in [1.807, 2.05) is 38.1 Å². The maximum atomic E-state index is 13.5. The van der Waals surface area contributed by atoms with Gasteiger partial charge in [0.05, 0.1) is 18.3 Å². The Morgan fingerprint density at radius 3 is 2.65 bits per heavy atom. The molecule has 2 aromatic heterocycles. The van der Waals surface area contributed by atoms with Gasteiger partial charge in [0.25, 0.3) is 0 Å². The lowest BCUT2D eigenvalue weighted by Crippen LogP contribution is -2.30. The number of carbonyl (C=O) groups excluding carboxylic acids is 1. The average Bonchev–Trinajstić information content (AvgIpc) is 3.13. The fraction of sp³-hybridized carbons (Fsp3) is 0.300. The molecule has 5 nitrogen and oxygen atoms in total. The van der Waals surface area contributed by atoms with Gasteiger partial charge in [0.15, 0.2) is 0 Å². The van der Waals surface area contributed by atoms with E-state index in [0.717, 1.165) is 22.5 Å². The van der Waals surface area contributed by atoms with Crippen LogP contribution >= 0.6 is 0 Å². The number of hydrogen-bond donors (Lipinski definition) is 0. The number of furan rings is 1. The Labute approximate surface area is 152 Å². The van der Waals surface area contributed by atoms with Crippen LogP contribution in [-0.2, 0) is 17.9 Å². The second-order valence-corrected chi connectivity index (χ2v) is 6.39. The first kappa shape index (κ1) is 17.9. The molecule has 0 aliphatic heterocycles. The van der Waals surface area contributed by atoms with Crippen LogP contribution in [0.2, 0.25) is 0 Å². The lowest BCUT2D eigenvalue weighted by molar-refractivity contribution is -0.132. The number of pyridine rings is 1. The standard InChI is InChI=1S/C20H22FN3O2/c1-4-19(25)24(13-17-6-5-9-26-17)12-15-10-14-7-8-16(21)11-18(14)22-20(15)23(2)3/h5-11H,4,12-13H2,1-3H3. The minimum absolute atomic E-state index is 0.0327. The molecule has 0 unspecified atom stereocenters. The molecule has 136 valence electrons. The van der Waals surface area contributed by atoms with E-state index in [9.17, 15) is 9.18 Å². The number of anilines is 1. The minimum atomic E-state index is -0.317. The van der Waals surface area contributed by atoms with Crippen molar-refractivity contribution in [3.05, 3.63) is 59.8 Å². The topological polar surface area (TPSA) is 49.6 Å². The highest BCUT2D eigenvalue weighted by atomic mass is 19.1. The zero-order valence-electron chi connectivity index (χ0n) is 15.2. The molecule has 2 heterocycles. The third-order valence-corrected chi connectivity index (χ3v) is 4.20. The normalized spacial score (nSPS) is 10.9. The molecule has 0 radical (unpaired) electrons. The van der Waals surface area contributed by atoms with E-state index in [1.54, 1.807) is 23.3 Å². The van der Waals surface area contributed by atoms with Crippen LogP contribution in [0.1, 0.15) is 24.7 Å². The third-order valence-electron chi connectivity index (χ3n) is 4.20. The number of hydrogen-bond acceptors (Lipinski definition) is 4. The van der Waals surface area contributed by atoms with Gasteiger partial charge in [0, 0.05) is 44.1 Å². The van der Waals surface area contributed by atoms with Crippen LogP contribution in [0, 0.1) is 5.82 Å². The highest BCUT2D eigenvalue weighted by molar-refractivity contribution is 5.82. The van der Waals surface area contributed by atoms with E-state index >= 15 is 0 Å². The van der Waals surface area contributed by atoms with E-state index in [0.29, 0.717) is 25.0 Å². The summed E-state index contributed by atoms with van der Waals surface area (Å²) in [5, 5.41) is 0.842. The fourth-order valence-electron chi connectivity index (χ4n) is 2.93. The van der Waals surface area contributed by atoms with E-state index in [-0.39, 0.29) is 11.7 Å². The smallest absolute Gasteiger partial charge is 0.222 e. The number of amides is 1. The Morgan fingerprint density at radius 2 is 2.00 bits per heavy atom. The summed E-state index contributed by atoms with van der Waals surface area (Å²) >= 11 is 0. The van der Waals surface area contributed by atoms with Crippen LogP contribution in [0.3, 0.4) is 0 Å². The number of aromatic nitrogens is 1. The van der Waals surface area contributed by atoms with Crippen LogP contribution in [0.15, 0.2) is 47.1 Å². The van der Waals surface area contributed by atoms with Gasteiger partial charge >= 0.3 is 0 Å². The van der Waals surface area contributed by atoms with Crippen LogP contribution in [0.4, 0.5) is 10.2 Å². The molecule has 0 spiro atoms. The summed E-state index contributed by atoms with van der Waals surface area (Å²) in [5.41, 5.74) is 1.50. The largest absolute Gasteiger partial charge is 0.467 e. The number of nitrogens with zero attached hydrogens (tertiary/aromatic N) is 3. The maximum Gasteiger partial charge on any atom is 0.222 e. The molecule has 3 rings (SSSR count). The van der Waals surface area contributed by atoms with Crippen molar-refractivity contribution in [2.75, 3.05) is 19.0 Å². The molecule has 0 aliphatic rings. The second-order valence-electron chi connectivity index (χ2n) is 6.39. The molecular formula is C20H22FN3O2. The van der Waals surface area contributed by atoms with Crippen molar-refractivity contribution in [2.24, 2.45) is 0 Å². The first-order valence-corrected chi connectivity index (χ1v) is 8.54. The Hall–Kier alpha value is -2.89. The summed E-state index contributed by atoms with van der Waals surface area (Å²) in [6.07, 6.45) is 2.01. The van der Waals surface area contributed by atoms with E-state index in [1.165, 1.54) is 12.1 Å². The van der Waals surface area contributed by atoms with Crippen LogP contribution < -0.4 is 4.90 Å². The molecule has 0 atom stereocenters. The molecule has 26 heavy (non-hydrogen) atoms. The van der Waals surface area contributed by atoms with Gasteiger partial charge in [0.2, 0.25) is 5.91 Å². The lowest BCUT2D eigenvalue weighted by Gasteiger charge is -2.24. The SMILES string of the molecule is CCC(=O)N(Cc1ccco1)Cc1cc2ccc(F)cc2nc1N(C)C. The second kappa shape index (κ2) is 7.56. The highest BCUT2D eigenvalue weighted by Gasteiger charge is 2.18. The molecule has 0 fully saturated rings. The summed E-state index contributed by atoms with van der Waals surface area (Å²) in [6.45, 7) is 2.64. The van der Waals surface area contributed by atoms with E-state index < -0.39 is 0 Å². The molecule has 0 aliphatic carbocycles. The van der Waals surface area contributed by atoms with Gasteiger partial charge in [-0.05, 0) is 30.3 Å². The Kier molecular flexibility index (Phi) is 5.21. The molecule has 3 aromatic rings. The Balaban J connectivity index is 1.99. The number of carbonyl (C=O) groups is 1. The zero-order chi connectivity index (χ0) is 18.7. The van der Waals surface area contributed by atoms with Crippen molar-refractivity contribution in [1.29, 1.82) is 0 Å². The molecule has 0 saturated heterocycles. The quantitative estimate of drug-likeness (QED) is 0.671. The van der Waals surface area contributed by atoms with Crippen molar-refractivity contribution >= 4 is 22.6 Å². The molecule has 0 saturated carbocycles. The van der Waals surface area contributed by atoms with Gasteiger partial charge in [-0.1, -0.05) is 6.92 Å². The van der Waals surface area contributed by atoms with Crippen molar-refractivity contribution in [3.8, 4) is 0 Å². The summed E-state index contributed by atoms with van der Waals surface area (Å²) in [7, 11) is 3.77. The van der Waals surface area contributed by atoms with Crippen molar-refractivity contribution in [2.45, 2.75) is 26.4 Å². The van der Waals surface area contributed by atoms with Gasteiger partial charge in [-0.3, -0.25) is 4.79 Å². The van der Waals surface area contributed by atoms with Crippen LogP contribution in [0.5, 0.6) is 0 Å². The number of rotatable bonds is 6. The van der Waals surface area contributed by atoms with Crippen molar-refractivity contribution < 1.29 is 13.6 Å².